The summed E-state index contributed by atoms with van der Waals surface area (Å²) in [4.78, 5) is 0. The molecule has 0 spiro atoms. The van der Waals surface area contributed by atoms with Gasteiger partial charge in [0.15, 0.2) is 0 Å². The molecule has 0 aromatic carbocycles. The summed E-state index contributed by atoms with van der Waals surface area (Å²) in [5.41, 5.74) is 5.49. The molecule has 0 aliphatic heterocycles. The van der Waals surface area contributed by atoms with E-state index < -0.39 is 20.8 Å². The Morgan fingerprint density at radius 1 is 0.577 bits per heavy atom. The van der Waals surface area contributed by atoms with Crippen molar-refractivity contribution in [3.63, 3.8) is 0 Å². The van der Waals surface area contributed by atoms with Crippen LogP contribution in [0.4, 0.5) is 0 Å². The Morgan fingerprint density at radius 2 is 0.808 bits per heavy atom. The van der Waals surface area contributed by atoms with Crippen LogP contribution >= 0.6 is 17.0 Å². The minimum atomic E-state index is -0.826. The first-order valence-electron chi connectivity index (χ1n) is 8.72. The Labute approximate surface area is 178 Å². The second kappa shape index (κ2) is 9.28. The van der Waals surface area contributed by atoms with Gasteiger partial charge in [0.1, 0.15) is 0 Å². The van der Waals surface area contributed by atoms with Crippen LogP contribution in [-0.4, -0.2) is 0 Å². The van der Waals surface area contributed by atoms with Crippen molar-refractivity contribution < 1.29 is 20.8 Å². The molecular formula is C23H22Cl2Zr+2. The third-order valence-electron chi connectivity index (χ3n) is 5.17. The molecule has 4 aliphatic rings. The van der Waals surface area contributed by atoms with E-state index in [1.807, 2.05) is 0 Å². The number of hydrogen-bond acceptors (Lipinski definition) is 0. The zero-order valence-corrected chi connectivity index (χ0v) is 19.6. The van der Waals surface area contributed by atoms with Crippen LogP contribution in [0.1, 0.15) is 34.1 Å². The van der Waals surface area contributed by atoms with E-state index in [-0.39, 0.29) is 0 Å². The quantitative estimate of drug-likeness (QED) is 0.422. The number of fused-ring (bicyclic) bond motifs is 2. The number of halogens is 2. The molecule has 4 aliphatic carbocycles. The average Bonchev–Trinajstić information content (AvgIpc) is 3.21. The van der Waals surface area contributed by atoms with Gasteiger partial charge in [-0.2, -0.15) is 0 Å². The van der Waals surface area contributed by atoms with Crippen LogP contribution < -0.4 is 0 Å². The molecule has 0 heterocycles. The molecule has 0 atom stereocenters. The van der Waals surface area contributed by atoms with E-state index in [2.05, 4.69) is 77.7 Å². The van der Waals surface area contributed by atoms with Gasteiger partial charge in [-0.25, -0.2) is 0 Å². The van der Waals surface area contributed by atoms with E-state index in [1.54, 1.807) is 0 Å². The van der Waals surface area contributed by atoms with Gasteiger partial charge in [0.2, 0.25) is 0 Å². The molecule has 0 N–H and O–H groups in total. The van der Waals surface area contributed by atoms with Gasteiger partial charge < -0.3 is 0 Å². The molecule has 2 saturated carbocycles. The van der Waals surface area contributed by atoms with E-state index in [9.17, 15) is 0 Å². The normalized spacial score (nSPS) is 25.5. The van der Waals surface area contributed by atoms with E-state index >= 15 is 0 Å². The van der Waals surface area contributed by atoms with Gasteiger partial charge in [-0.05, 0) is 71.6 Å². The zero-order valence-electron chi connectivity index (χ0n) is 15.6. The third-order valence-corrected chi connectivity index (χ3v) is 5.17. The molecule has 26 heavy (non-hydrogen) atoms. The molecule has 3 heteroatoms. The van der Waals surface area contributed by atoms with Crippen molar-refractivity contribution >= 4 is 17.0 Å². The second-order valence-electron chi connectivity index (χ2n) is 7.03. The fraction of sp³-hybridized carbons (Fsp3) is 0.217. The molecule has 0 nitrogen and oxygen atoms in total. The van der Waals surface area contributed by atoms with Gasteiger partial charge in [-0.3, -0.25) is 0 Å². The Kier molecular flexibility index (Phi) is 7.55. The van der Waals surface area contributed by atoms with Gasteiger partial charge in [0.25, 0.3) is 0 Å². The van der Waals surface area contributed by atoms with Crippen molar-refractivity contribution in [2.75, 3.05) is 0 Å². The van der Waals surface area contributed by atoms with Crippen molar-refractivity contribution in [2.45, 2.75) is 34.1 Å². The molecule has 4 rings (SSSR count). The van der Waals surface area contributed by atoms with Crippen LogP contribution in [0.15, 0.2) is 46.6 Å². The third kappa shape index (κ3) is 4.52. The van der Waals surface area contributed by atoms with Crippen LogP contribution in [0.5, 0.6) is 0 Å². The predicted octanol–water partition coefficient (Wildman–Crippen LogP) is 6.86. The molecule has 0 unspecified atom stereocenters. The van der Waals surface area contributed by atoms with E-state index in [0.717, 1.165) is 6.42 Å². The van der Waals surface area contributed by atoms with Crippen LogP contribution in [0, 0.1) is 61.2 Å². The summed E-state index contributed by atoms with van der Waals surface area (Å²) in [6.07, 6.45) is 19.4. The average molecular weight is 461 g/mol. The van der Waals surface area contributed by atoms with E-state index in [4.69, 9.17) is 17.0 Å². The summed E-state index contributed by atoms with van der Waals surface area (Å²) in [6.45, 7) is 8.81. The van der Waals surface area contributed by atoms with Gasteiger partial charge in [0, 0.05) is 23.7 Å². The van der Waals surface area contributed by atoms with Crippen LogP contribution in [0.2, 0.25) is 0 Å². The Balaban J connectivity index is 0.000000613. The van der Waals surface area contributed by atoms with E-state index in [1.165, 1.54) is 57.8 Å². The van der Waals surface area contributed by atoms with Gasteiger partial charge in [-0.1, -0.05) is 46.6 Å². The standard InChI is InChI=1S/C23H22.2ClH.Zr/c1-14-5-6-15(2)21-11-18(10-20(14)21)9-19-12-22-16(3)7-8-17(4)23(22)13-19;;;/h5-8,10-13H,9H2,1-4H3;2*1H;/q;;;+4/p-2. The molecule has 0 aromatic rings. The van der Waals surface area contributed by atoms with Crippen molar-refractivity contribution in [1.82, 2.24) is 0 Å². The first kappa shape index (κ1) is 21.1. The molecule has 10 radical (unpaired) electrons. The van der Waals surface area contributed by atoms with Gasteiger partial charge in [-0.15, -0.1) is 0 Å². The maximum atomic E-state index is 4.93. The van der Waals surface area contributed by atoms with Crippen molar-refractivity contribution in [2.24, 2.45) is 0 Å². The topological polar surface area (TPSA) is 0 Å². The van der Waals surface area contributed by atoms with Crippen molar-refractivity contribution in [1.29, 1.82) is 0 Å². The molecular weight excluding hydrogens is 438 g/mol. The Bertz CT molecular complexity index is 537. The van der Waals surface area contributed by atoms with Crippen molar-refractivity contribution in [3.8, 4) is 0 Å². The molecule has 2 fully saturated rings. The van der Waals surface area contributed by atoms with Gasteiger partial charge in [0.05, 0.1) is 0 Å². The van der Waals surface area contributed by atoms with Crippen LogP contribution in [0.3, 0.4) is 0 Å². The van der Waals surface area contributed by atoms with E-state index in [0.29, 0.717) is 0 Å². The minimum absolute atomic E-state index is 0.826. The fourth-order valence-electron chi connectivity index (χ4n) is 3.74. The van der Waals surface area contributed by atoms with Crippen LogP contribution in [-0.2, 0) is 20.8 Å². The molecule has 0 saturated heterocycles. The van der Waals surface area contributed by atoms with Crippen molar-refractivity contribution in [3.05, 3.63) is 108 Å². The van der Waals surface area contributed by atoms with Crippen LogP contribution in [0.25, 0.3) is 0 Å². The number of allylic oxidation sites excluding steroid dienone is 8. The number of rotatable bonds is 2. The summed E-state index contributed by atoms with van der Waals surface area (Å²) in [7, 11) is 9.87. The summed E-state index contributed by atoms with van der Waals surface area (Å²) in [5.74, 6) is 8.46. The second-order valence-corrected chi connectivity index (χ2v) is 10.8. The SMILES string of the molecule is CC1=CC=C(C)[C]2[CH][C](C[C]3[CH][C]4[C]([CH]3)C(C)=CC=C4C)[CH][C]21.[Cl][Zr+2][Cl]. The Morgan fingerprint density at radius 3 is 1.04 bits per heavy atom. The molecule has 0 bridgehead atoms. The zero-order chi connectivity index (χ0) is 18.8. The first-order chi connectivity index (χ1) is 12.4. The Hall–Kier alpha value is 0.423. The summed E-state index contributed by atoms with van der Waals surface area (Å²) in [6, 6.07) is 0. The predicted molar refractivity (Wildman–Crippen MR) is 108 cm³/mol. The summed E-state index contributed by atoms with van der Waals surface area (Å²) >= 11 is -0.826. The fourth-order valence-corrected chi connectivity index (χ4v) is 3.74. The maximum absolute atomic E-state index is 4.93. The van der Waals surface area contributed by atoms with Gasteiger partial charge >= 0.3 is 37.9 Å². The molecule has 0 amide bonds. The monoisotopic (exact) mass is 458 g/mol. The summed E-state index contributed by atoms with van der Waals surface area (Å²) < 4.78 is 0. The first-order valence-corrected chi connectivity index (χ1v) is 15.0. The molecule has 0 aromatic heterocycles. The summed E-state index contributed by atoms with van der Waals surface area (Å²) in [5, 5.41) is 0. The molecule has 130 valence electrons. The number of hydrogen-bond donors (Lipinski definition) is 0.